The molecule has 1 amide bonds. The minimum Gasteiger partial charge on any atom is -0.396 e. The molecule has 1 saturated carbocycles. The molecule has 18 heavy (non-hydrogen) atoms. The quantitative estimate of drug-likeness (QED) is 0.604. The van der Waals surface area contributed by atoms with Crippen LogP contribution in [0.2, 0.25) is 0 Å². The summed E-state index contributed by atoms with van der Waals surface area (Å²) in [5.41, 5.74) is 0.0623. The maximum atomic E-state index is 11.5. The van der Waals surface area contributed by atoms with E-state index in [1.54, 1.807) is 0 Å². The van der Waals surface area contributed by atoms with Gasteiger partial charge < -0.3 is 15.7 Å². The summed E-state index contributed by atoms with van der Waals surface area (Å²) in [5.74, 6) is 0.0965. The number of hydrogen-bond acceptors (Lipinski definition) is 3. The molecule has 0 heterocycles. The van der Waals surface area contributed by atoms with Gasteiger partial charge in [0.2, 0.25) is 5.91 Å². The lowest BCUT2D eigenvalue weighted by Crippen LogP contribution is -2.40. The summed E-state index contributed by atoms with van der Waals surface area (Å²) in [7, 11) is 0. The minimum atomic E-state index is 0.0623. The Bertz CT molecular complexity index is 248. The second-order valence-corrected chi connectivity index (χ2v) is 5.87. The van der Waals surface area contributed by atoms with Crippen LogP contribution in [0.3, 0.4) is 0 Å². The molecular formula is C14H28N2O2. The molecule has 0 radical (unpaired) electrons. The van der Waals surface area contributed by atoms with E-state index >= 15 is 0 Å². The highest BCUT2D eigenvalue weighted by Gasteiger charge is 2.30. The Hall–Kier alpha value is -0.610. The average Bonchev–Trinajstić information content (AvgIpc) is 2.35. The van der Waals surface area contributed by atoms with Gasteiger partial charge in [-0.3, -0.25) is 4.79 Å². The van der Waals surface area contributed by atoms with E-state index in [9.17, 15) is 9.90 Å². The fourth-order valence-corrected chi connectivity index (χ4v) is 2.64. The molecule has 1 aliphatic carbocycles. The van der Waals surface area contributed by atoms with Gasteiger partial charge in [0, 0.05) is 37.6 Å². The first-order valence-corrected chi connectivity index (χ1v) is 7.19. The van der Waals surface area contributed by atoms with Gasteiger partial charge in [-0.15, -0.1) is 0 Å². The second-order valence-electron chi connectivity index (χ2n) is 5.87. The predicted molar refractivity (Wildman–Crippen MR) is 73.4 cm³/mol. The zero-order chi connectivity index (χ0) is 13.4. The number of aliphatic hydroxyl groups is 1. The highest BCUT2D eigenvalue weighted by molar-refractivity contribution is 5.76. The first-order valence-electron chi connectivity index (χ1n) is 7.19. The van der Waals surface area contributed by atoms with Gasteiger partial charge in [0.25, 0.3) is 0 Å². The molecule has 0 unspecified atom stereocenters. The smallest absolute Gasteiger partial charge is 0.221 e. The molecule has 0 saturated heterocycles. The molecule has 1 aliphatic rings. The summed E-state index contributed by atoms with van der Waals surface area (Å²) in [6.07, 6.45) is 6.45. The summed E-state index contributed by atoms with van der Waals surface area (Å²) < 4.78 is 0. The Balaban J connectivity index is 2.17. The third-order valence-electron chi connectivity index (χ3n) is 3.73. The lowest BCUT2D eigenvalue weighted by Gasteiger charge is -2.35. The van der Waals surface area contributed by atoms with Gasteiger partial charge in [0.05, 0.1) is 0 Å². The average molecular weight is 256 g/mol. The van der Waals surface area contributed by atoms with E-state index in [1.807, 2.05) is 13.8 Å². The molecule has 4 heteroatoms. The van der Waals surface area contributed by atoms with Gasteiger partial charge in [-0.25, -0.2) is 0 Å². The normalized spacial score (nSPS) is 18.9. The van der Waals surface area contributed by atoms with Gasteiger partial charge in [0.15, 0.2) is 0 Å². The SMILES string of the molecule is CC(C)NC(=O)CCNCC1(CO)CCCCC1. The van der Waals surface area contributed by atoms with Crippen LogP contribution in [0.4, 0.5) is 0 Å². The number of carbonyl (C=O) groups is 1. The number of nitrogens with one attached hydrogen (secondary N) is 2. The van der Waals surface area contributed by atoms with Gasteiger partial charge in [-0.05, 0) is 26.7 Å². The van der Waals surface area contributed by atoms with E-state index in [0.29, 0.717) is 13.0 Å². The molecule has 1 rings (SSSR count). The topological polar surface area (TPSA) is 61.4 Å². The van der Waals surface area contributed by atoms with Crippen molar-refractivity contribution in [2.45, 2.75) is 58.4 Å². The standard InChI is InChI=1S/C14H28N2O2/c1-12(2)16-13(18)6-9-15-10-14(11-17)7-4-3-5-8-14/h12,15,17H,3-11H2,1-2H3,(H,16,18). The Morgan fingerprint density at radius 3 is 2.50 bits per heavy atom. The zero-order valence-electron chi connectivity index (χ0n) is 11.8. The fraction of sp³-hybridized carbons (Fsp3) is 0.929. The Kier molecular flexibility index (Phi) is 6.65. The molecule has 0 atom stereocenters. The summed E-state index contributed by atoms with van der Waals surface area (Å²) in [5, 5.41) is 15.8. The lowest BCUT2D eigenvalue weighted by atomic mass is 9.74. The molecule has 3 N–H and O–H groups in total. The van der Waals surface area contributed by atoms with E-state index < -0.39 is 0 Å². The van der Waals surface area contributed by atoms with Crippen molar-refractivity contribution in [3.8, 4) is 0 Å². The summed E-state index contributed by atoms with van der Waals surface area (Å²) in [6, 6.07) is 0.208. The van der Waals surface area contributed by atoms with Crippen molar-refractivity contribution in [3.63, 3.8) is 0 Å². The fourth-order valence-electron chi connectivity index (χ4n) is 2.64. The molecule has 106 valence electrons. The largest absolute Gasteiger partial charge is 0.396 e. The highest BCUT2D eigenvalue weighted by atomic mass is 16.3. The Labute approximate surface area is 111 Å². The third kappa shape index (κ3) is 5.36. The van der Waals surface area contributed by atoms with Crippen LogP contribution in [-0.2, 0) is 4.79 Å². The number of amides is 1. The number of hydrogen-bond donors (Lipinski definition) is 3. The summed E-state index contributed by atoms with van der Waals surface area (Å²) in [6.45, 7) is 5.72. The molecule has 0 aliphatic heterocycles. The van der Waals surface area contributed by atoms with E-state index in [-0.39, 0.29) is 24.0 Å². The highest BCUT2D eigenvalue weighted by Crippen LogP contribution is 2.35. The molecule has 0 spiro atoms. The third-order valence-corrected chi connectivity index (χ3v) is 3.73. The molecule has 0 bridgehead atoms. The minimum absolute atomic E-state index is 0.0623. The summed E-state index contributed by atoms with van der Waals surface area (Å²) >= 11 is 0. The van der Waals surface area contributed by atoms with Crippen LogP contribution in [0, 0.1) is 5.41 Å². The van der Waals surface area contributed by atoms with Crippen molar-refractivity contribution in [2.75, 3.05) is 19.7 Å². The number of carbonyl (C=O) groups excluding carboxylic acids is 1. The molecule has 0 aromatic carbocycles. The lowest BCUT2D eigenvalue weighted by molar-refractivity contribution is -0.121. The molecule has 4 nitrogen and oxygen atoms in total. The first-order chi connectivity index (χ1) is 8.58. The van der Waals surface area contributed by atoms with Crippen LogP contribution in [0.1, 0.15) is 52.4 Å². The van der Waals surface area contributed by atoms with Crippen molar-refractivity contribution >= 4 is 5.91 Å². The van der Waals surface area contributed by atoms with Crippen LogP contribution >= 0.6 is 0 Å². The van der Waals surface area contributed by atoms with Crippen LogP contribution < -0.4 is 10.6 Å². The van der Waals surface area contributed by atoms with Gasteiger partial charge in [0.1, 0.15) is 0 Å². The van der Waals surface area contributed by atoms with Crippen molar-refractivity contribution < 1.29 is 9.90 Å². The van der Waals surface area contributed by atoms with Crippen molar-refractivity contribution in [1.82, 2.24) is 10.6 Å². The monoisotopic (exact) mass is 256 g/mol. The molecule has 0 aromatic heterocycles. The van der Waals surface area contributed by atoms with Crippen molar-refractivity contribution in [2.24, 2.45) is 5.41 Å². The Morgan fingerprint density at radius 2 is 1.94 bits per heavy atom. The maximum absolute atomic E-state index is 11.5. The van der Waals surface area contributed by atoms with E-state index in [1.165, 1.54) is 19.3 Å². The van der Waals surface area contributed by atoms with Gasteiger partial charge in [-0.1, -0.05) is 19.3 Å². The molecular weight excluding hydrogens is 228 g/mol. The summed E-state index contributed by atoms with van der Waals surface area (Å²) in [4.78, 5) is 11.5. The number of rotatable bonds is 7. The first kappa shape index (κ1) is 15.4. The number of aliphatic hydroxyl groups excluding tert-OH is 1. The van der Waals surface area contributed by atoms with Gasteiger partial charge in [-0.2, -0.15) is 0 Å². The van der Waals surface area contributed by atoms with Crippen molar-refractivity contribution in [3.05, 3.63) is 0 Å². The molecule has 1 fully saturated rings. The van der Waals surface area contributed by atoms with Crippen LogP contribution in [0.5, 0.6) is 0 Å². The zero-order valence-corrected chi connectivity index (χ0v) is 11.8. The maximum Gasteiger partial charge on any atom is 0.221 e. The van der Waals surface area contributed by atoms with Crippen LogP contribution in [0.15, 0.2) is 0 Å². The second kappa shape index (κ2) is 7.74. The van der Waals surface area contributed by atoms with Crippen molar-refractivity contribution in [1.29, 1.82) is 0 Å². The van der Waals surface area contributed by atoms with Crippen LogP contribution in [-0.4, -0.2) is 36.8 Å². The Morgan fingerprint density at radius 1 is 1.28 bits per heavy atom. The van der Waals surface area contributed by atoms with E-state index in [4.69, 9.17) is 0 Å². The van der Waals surface area contributed by atoms with E-state index in [0.717, 1.165) is 19.4 Å². The predicted octanol–water partition coefficient (Wildman–Crippen LogP) is 1.43. The van der Waals surface area contributed by atoms with Gasteiger partial charge >= 0.3 is 0 Å². The molecule has 0 aromatic rings. The van der Waals surface area contributed by atoms with E-state index in [2.05, 4.69) is 10.6 Å². The van der Waals surface area contributed by atoms with Crippen LogP contribution in [0.25, 0.3) is 0 Å².